The summed E-state index contributed by atoms with van der Waals surface area (Å²) in [4.78, 5) is 0. The zero-order valence-corrected chi connectivity index (χ0v) is 6.38. The third-order valence-corrected chi connectivity index (χ3v) is 3.18. The van der Waals surface area contributed by atoms with E-state index in [2.05, 4.69) is 0 Å². The van der Waals surface area contributed by atoms with Crippen LogP contribution in [-0.2, 0) is 4.74 Å². The van der Waals surface area contributed by atoms with Crippen LogP contribution < -0.4 is 0 Å². The molecule has 0 N–H and O–H groups in total. The molecule has 0 aromatic carbocycles. The molecule has 5 heteroatoms. The molecule has 4 atom stereocenters. The molecule has 0 radical (unpaired) electrons. The Morgan fingerprint density at radius 3 is 1.62 bits per heavy atom. The van der Waals surface area contributed by atoms with Crippen molar-refractivity contribution in [3.05, 3.63) is 12.2 Å². The molecule has 0 unspecified atom stereocenters. The first-order valence-electron chi connectivity index (χ1n) is 4.05. The summed E-state index contributed by atoms with van der Waals surface area (Å²) in [5.74, 6) is -10.4. The zero-order chi connectivity index (χ0) is 9.43. The molecule has 0 spiro atoms. The number of hydrogen-bond acceptors (Lipinski definition) is 1. The van der Waals surface area contributed by atoms with Crippen molar-refractivity contribution >= 4 is 0 Å². The van der Waals surface area contributed by atoms with Crippen molar-refractivity contribution in [3.63, 3.8) is 0 Å². The Kier molecular flexibility index (Phi) is 1.06. The van der Waals surface area contributed by atoms with Crippen LogP contribution in [0, 0.1) is 11.8 Å². The minimum atomic E-state index is -3.89. The van der Waals surface area contributed by atoms with Crippen LogP contribution in [0.1, 0.15) is 0 Å². The summed E-state index contributed by atoms with van der Waals surface area (Å²) < 4.78 is 56.4. The Labute approximate surface area is 71.4 Å². The summed E-state index contributed by atoms with van der Waals surface area (Å²) in [5.41, 5.74) is 0. The molecule has 1 saturated carbocycles. The van der Waals surface area contributed by atoms with Gasteiger partial charge in [0.2, 0.25) is 0 Å². The molecule has 2 heterocycles. The highest BCUT2D eigenvalue weighted by atomic mass is 19.3. The summed E-state index contributed by atoms with van der Waals surface area (Å²) in [6.45, 7) is 0. The van der Waals surface area contributed by atoms with Crippen LogP contribution in [-0.4, -0.2) is 24.1 Å². The fourth-order valence-corrected chi connectivity index (χ4v) is 2.52. The summed E-state index contributed by atoms with van der Waals surface area (Å²) in [6, 6.07) is 0. The van der Waals surface area contributed by atoms with Gasteiger partial charge in [-0.2, -0.15) is 17.6 Å². The lowest BCUT2D eigenvalue weighted by molar-refractivity contribution is -0.346. The average molecular weight is 194 g/mol. The molecule has 13 heavy (non-hydrogen) atoms. The van der Waals surface area contributed by atoms with Crippen LogP contribution in [0.4, 0.5) is 17.6 Å². The second kappa shape index (κ2) is 1.78. The van der Waals surface area contributed by atoms with Gasteiger partial charge in [-0.3, -0.25) is 0 Å². The molecule has 2 fully saturated rings. The van der Waals surface area contributed by atoms with E-state index in [4.69, 9.17) is 4.74 Å². The predicted octanol–water partition coefficient (Wildman–Crippen LogP) is 1.84. The van der Waals surface area contributed by atoms with E-state index < -0.39 is 35.9 Å². The standard InChI is InChI=1S/C8H6F4O/c9-7(10)5-3-1-2-4(13-3)6(5)8(7,11)12/h1-6H/t3-,4+,5-,6+. The number of rotatable bonds is 0. The average Bonchev–Trinajstić information content (AvgIpc) is 2.60. The quantitative estimate of drug-likeness (QED) is 0.422. The van der Waals surface area contributed by atoms with E-state index in [0.29, 0.717) is 0 Å². The summed E-state index contributed by atoms with van der Waals surface area (Å²) in [5, 5.41) is 0. The SMILES string of the molecule is FC1(F)[C@@H]2[C@@H]([C@H]3C=C[C@@H]2O3)C1(F)F. The van der Waals surface area contributed by atoms with Crippen LogP contribution in [0.15, 0.2) is 12.2 Å². The lowest BCUT2D eigenvalue weighted by Gasteiger charge is -2.49. The van der Waals surface area contributed by atoms with Crippen LogP contribution in [0.5, 0.6) is 0 Å². The first-order chi connectivity index (χ1) is 5.96. The molecule has 2 bridgehead atoms. The highest BCUT2D eigenvalue weighted by molar-refractivity contribution is 5.28. The summed E-state index contributed by atoms with van der Waals surface area (Å²) in [7, 11) is 0. The molecule has 3 rings (SSSR count). The summed E-state index contributed by atoms with van der Waals surface area (Å²) in [6.07, 6.45) is 1.30. The van der Waals surface area contributed by atoms with Crippen LogP contribution in [0.2, 0.25) is 0 Å². The highest BCUT2D eigenvalue weighted by Gasteiger charge is 2.84. The van der Waals surface area contributed by atoms with Crippen molar-refractivity contribution in [3.8, 4) is 0 Å². The predicted molar refractivity (Wildman–Crippen MR) is 34.7 cm³/mol. The van der Waals surface area contributed by atoms with E-state index in [9.17, 15) is 17.6 Å². The van der Waals surface area contributed by atoms with Crippen molar-refractivity contribution in [1.29, 1.82) is 0 Å². The Hall–Kier alpha value is -0.580. The molecule has 0 aromatic heterocycles. The number of hydrogen-bond donors (Lipinski definition) is 0. The molecule has 1 nitrogen and oxygen atoms in total. The van der Waals surface area contributed by atoms with Gasteiger partial charge in [-0.25, -0.2) is 0 Å². The van der Waals surface area contributed by atoms with Gasteiger partial charge in [-0.05, 0) is 0 Å². The maximum absolute atomic E-state index is 12.9. The van der Waals surface area contributed by atoms with Gasteiger partial charge in [0, 0.05) is 0 Å². The largest absolute Gasteiger partial charge is 0.366 e. The lowest BCUT2D eigenvalue weighted by atomic mass is 9.61. The van der Waals surface area contributed by atoms with Gasteiger partial charge in [0.25, 0.3) is 0 Å². The number of alkyl halides is 4. The van der Waals surface area contributed by atoms with E-state index in [1.54, 1.807) is 0 Å². The van der Waals surface area contributed by atoms with Crippen molar-refractivity contribution in [2.24, 2.45) is 11.8 Å². The first-order valence-corrected chi connectivity index (χ1v) is 4.05. The maximum atomic E-state index is 12.9. The van der Waals surface area contributed by atoms with Gasteiger partial charge in [-0.1, -0.05) is 12.2 Å². The van der Waals surface area contributed by atoms with Gasteiger partial charge in [0.1, 0.15) is 0 Å². The number of ether oxygens (including phenoxy) is 1. The summed E-state index contributed by atoms with van der Waals surface area (Å²) >= 11 is 0. The topological polar surface area (TPSA) is 9.23 Å². The first kappa shape index (κ1) is 7.79. The normalized spacial score (nSPS) is 53.2. The smallest absolute Gasteiger partial charge is 0.316 e. The van der Waals surface area contributed by atoms with Crippen molar-refractivity contribution in [2.45, 2.75) is 24.1 Å². The fraction of sp³-hybridized carbons (Fsp3) is 0.750. The third kappa shape index (κ3) is 0.591. The van der Waals surface area contributed by atoms with Gasteiger partial charge >= 0.3 is 11.8 Å². The molecule has 0 amide bonds. The van der Waals surface area contributed by atoms with Gasteiger partial charge < -0.3 is 4.74 Å². The molecule has 3 aliphatic rings. The Balaban J connectivity index is 2.04. The van der Waals surface area contributed by atoms with Gasteiger partial charge in [0.15, 0.2) is 0 Å². The Morgan fingerprint density at radius 1 is 0.846 bits per heavy atom. The Morgan fingerprint density at radius 2 is 1.23 bits per heavy atom. The van der Waals surface area contributed by atoms with Crippen molar-refractivity contribution < 1.29 is 22.3 Å². The highest BCUT2D eigenvalue weighted by Crippen LogP contribution is 2.67. The molecular formula is C8H6F4O. The molecule has 0 aromatic rings. The van der Waals surface area contributed by atoms with Crippen molar-refractivity contribution in [2.75, 3.05) is 0 Å². The van der Waals surface area contributed by atoms with E-state index >= 15 is 0 Å². The van der Waals surface area contributed by atoms with Gasteiger partial charge in [-0.15, -0.1) is 0 Å². The maximum Gasteiger partial charge on any atom is 0.316 e. The van der Waals surface area contributed by atoms with E-state index in [0.717, 1.165) is 0 Å². The lowest BCUT2D eigenvalue weighted by Crippen LogP contribution is -2.69. The van der Waals surface area contributed by atoms with Crippen molar-refractivity contribution in [1.82, 2.24) is 0 Å². The zero-order valence-electron chi connectivity index (χ0n) is 6.38. The van der Waals surface area contributed by atoms with E-state index in [1.165, 1.54) is 12.2 Å². The third-order valence-electron chi connectivity index (χ3n) is 3.18. The van der Waals surface area contributed by atoms with E-state index in [-0.39, 0.29) is 0 Å². The molecule has 2 aliphatic heterocycles. The van der Waals surface area contributed by atoms with E-state index in [1.807, 2.05) is 0 Å². The Bertz CT molecular complexity index is 271. The molecule has 1 saturated heterocycles. The van der Waals surface area contributed by atoms with Gasteiger partial charge in [0.05, 0.1) is 24.0 Å². The molecule has 72 valence electrons. The minimum Gasteiger partial charge on any atom is -0.366 e. The fourth-order valence-electron chi connectivity index (χ4n) is 2.52. The second-order valence-corrected chi connectivity index (χ2v) is 3.75. The number of halogens is 4. The molecule has 1 aliphatic carbocycles. The number of fused-ring (bicyclic) bond motifs is 5. The molecular weight excluding hydrogens is 188 g/mol. The second-order valence-electron chi connectivity index (χ2n) is 3.75. The van der Waals surface area contributed by atoms with Crippen LogP contribution >= 0.6 is 0 Å². The van der Waals surface area contributed by atoms with Crippen LogP contribution in [0.3, 0.4) is 0 Å². The monoisotopic (exact) mass is 194 g/mol. The van der Waals surface area contributed by atoms with Crippen LogP contribution in [0.25, 0.3) is 0 Å². The minimum absolute atomic E-state index is 0.801.